The zero-order valence-electron chi connectivity index (χ0n) is 24.2. The van der Waals surface area contributed by atoms with Crippen LogP contribution in [0.5, 0.6) is 0 Å². The highest BCUT2D eigenvalue weighted by molar-refractivity contribution is 5.75. The van der Waals surface area contributed by atoms with E-state index in [9.17, 15) is 4.79 Å². The smallest absolute Gasteiger partial charge is 0.220 e. The molecule has 36 heavy (non-hydrogen) atoms. The number of carbonyl (C=O) groups excluding carboxylic acids is 1. The third kappa shape index (κ3) is 5.54. The summed E-state index contributed by atoms with van der Waals surface area (Å²) in [4.78, 5) is 12.5. The number of methoxy groups -OCH3 is 2. The normalized spacial score (nSPS) is 42.8. The molecular weight excluding hydrogens is 450 g/mol. The van der Waals surface area contributed by atoms with Crippen LogP contribution in [-0.4, -0.2) is 52.6 Å². The Hall–Kier alpha value is -0.650. The number of fused-ring (bicyclic) bond motifs is 5. The van der Waals surface area contributed by atoms with E-state index < -0.39 is 0 Å². The van der Waals surface area contributed by atoms with Crippen molar-refractivity contribution in [3.8, 4) is 0 Å². The summed E-state index contributed by atoms with van der Waals surface area (Å²) in [5.41, 5.74) is 0.913. The first-order valence-electron chi connectivity index (χ1n) is 15.1. The molecule has 208 valence electrons. The van der Waals surface area contributed by atoms with Gasteiger partial charge in [0.2, 0.25) is 5.91 Å². The average molecular weight is 506 g/mol. The summed E-state index contributed by atoms with van der Waals surface area (Å²) in [7, 11) is 3.65. The van der Waals surface area contributed by atoms with Crippen molar-refractivity contribution in [3.63, 3.8) is 0 Å². The van der Waals surface area contributed by atoms with E-state index in [1.165, 1.54) is 51.4 Å². The van der Waals surface area contributed by atoms with Gasteiger partial charge in [-0.25, -0.2) is 0 Å². The number of carbonyl (C=O) groups is 1. The standard InChI is InChI=1S/C31H55NO4/c1-21-11-13-30(3)23(19-21)20-27(35-6)29-25-9-8-24(31(25,4)14-12-26(29)30)22(2)7-10-28(33)32-15-16-36-18-17-34-5/h21-27,29H,7-20H2,1-6H3,(H,32,33)/t21-,22-,23+,24-,25+,26+,27-,29+,30+,31-/m1/s1. The number of ether oxygens (including phenoxy) is 3. The zero-order chi connectivity index (χ0) is 25.9. The molecule has 0 heterocycles. The summed E-state index contributed by atoms with van der Waals surface area (Å²) >= 11 is 0. The topological polar surface area (TPSA) is 56.8 Å². The molecule has 5 heteroatoms. The van der Waals surface area contributed by atoms with E-state index >= 15 is 0 Å². The second-order valence-electron chi connectivity index (χ2n) is 13.6. The first kappa shape index (κ1) is 28.4. The van der Waals surface area contributed by atoms with Gasteiger partial charge in [-0.1, -0.05) is 34.1 Å². The Morgan fingerprint density at radius 3 is 2.47 bits per heavy atom. The van der Waals surface area contributed by atoms with Crippen LogP contribution in [-0.2, 0) is 19.0 Å². The molecule has 4 rings (SSSR count). The minimum Gasteiger partial charge on any atom is -0.382 e. The fraction of sp³-hybridized carbons (Fsp3) is 0.968. The van der Waals surface area contributed by atoms with Gasteiger partial charge in [0.15, 0.2) is 0 Å². The predicted molar refractivity (Wildman–Crippen MR) is 145 cm³/mol. The van der Waals surface area contributed by atoms with Crippen LogP contribution in [0.1, 0.15) is 91.9 Å². The lowest BCUT2D eigenvalue weighted by atomic mass is 9.43. The highest BCUT2D eigenvalue weighted by Crippen LogP contribution is 2.69. The number of nitrogens with one attached hydrogen (secondary N) is 1. The van der Waals surface area contributed by atoms with Crippen LogP contribution in [0.4, 0.5) is 0 Å². The molecule has 1 amide bonds. The molecule has 0 spiro atoms. The first-order valence-corrected chi connectivity index (χ1v) is 15.1. The van der Waals surface area contributed by atoms with Gasteiger partial charge >= 0.3 is 0 Å². The summed E-state index contributed by atoms with van der Waals surface area (Å²) in [5, 5.41) is 3.03. The van der Waals surface area contributed by atoms with Crippen LogP contribution in [0.3, 0.4) is 0 Å². The lowest BCUT2D eigenvalue weighted by molar-refractivity contribution is -0.176. The average Bonchev–Trinajstić information content (AvgIpc) is 3.22. The van der Waals surface area contributed by atoms with Crippen molar-refractivity contribution >= 4 is 5.91 Å². The molecule has 0 bridgehead atoms. The van der Waals surface area contributed by atoms with E-state index in [-0.39, 0.29) is 5.91 Å². The number of hydrogen-bond acceptors (Lipinski definition) is 4. The van der Waals surface area contributed by atoms with Crippen LogP contribution in [0.2, 0.25) is 0 Å². The lowest BCUT2D eigenvalue weighted by Gasteiger charge is -2.63. The fourth-order valence-corrected chi connectivity index (χ4v) is 9.79. The molecule has 4 fully saturated rings. The van der Waals surface area contributed by atoms with E-state index in [4.69, 9.17) is 14.2 Å². The minimum absolute atomic E-state index is 0.165. The van der Waals surface area contributed by atoms with Crippen LogP contribution in [0, 0.1) is 52.3 Å². The van der Waals surface area contributed by atoms with Crippen molar-refractivity contribution in [3.05, 3.63) is 0 Å². The Balaban J connectivity index is 1.34. The Morgan fingerprint density at radius 2 is 1.72 bits per heavy atom. The van der Waals surface area contributed by atoms with Gasteiger partial charge in [0.25, 0.3) is 0 Å². The van der Waals surface area contributed by atoms with Crippen molar-refractivity contribution in [2.75, 3.05) is 40.6 Å². The van der Waals surface area contributed by atoms with E-state index in [0.29, 0.717) is 55.6 Å². The quantitative estimate of drug-likeness (QED) is 0.345. The minimum atomic E-state index is 0.165. The van der Waals surface area contributed by atoms with Gasteiger partial charge in [-0.3, -0.25) is 4.79 Å². The second-order valence-corrected chi connectivity index (χ2v) is 13.6. The van der Waals surface area contributed by atoms with Gasteiger partial charge in [-0.2, -0.15) is 0 Å². The Morgan fingerprint density at radius 1 is 0.972 bits per heavy atom. The molecule has 4 aliphatic rings. The molecule has 0 unspecified atom stereocenters. The van der Waals surface area contributed by atoms with Gasteiger partial charge in [-0.05, 0) is 104 Å². The predicted octanol–water partition coefficient (Wildman–Crippen LogP) is 6.10. The first-order chi connectivity index (χ1) is 17.2. The van der Waals surface area contributed by atoms with Gasteiger partial charge in [0.05, 0.1) is 25.9 Å². The number of hydrogen-bond donors (Lipinski definition) is 1. The monoisotopic (exact) mass is 505 g/mol. The van der Waals surface area contributed by atoms with E-state index in [1.54, 1.807) is 7.11 Å². The molecule has 0 radical (unpaired) electrons. The van der Waals surface area contributed by atoms with Gasteiger partial charge in [0, 0.05) is 27.2 Å². The Labute approximate surface area is 221 Å². The largest absolute Gasteiger partial charge is 0.382 e. The summed E-state index contributed by atoms with van der Waals surface area (Å²) < 4.78 is 16.8. The fourth-order valence-electron chi connectivity index (χ4n) is 9.79. The van der Waals surface area contributed by atoms with Gasteiger partial charge in [-0.15, -0.1) is 0 Å². The maximum Gasteiger partial charge on any atom is 0.220 e. The molecule has 0 aromatic rings. The van der Waals surface area contributed by atoms with Crippen LogP contribution in [0.25, 0.3) is 0 Å². The molecule has 10 atom stereocenters. The Bertz CT molecular complexity index is 729. The van der Waals surface area contributed by atoms with Crippen molar-refractivity contribution in [1.82, 2.24) is 5.32 Å². The maximum atomic E-state index is 12.5. The summed E-state index contributed by atoms with van der Waals surface area (Å²) in [6.45, 7) is 12.5. The number of rotatable bonds is 11. The van der Waals surface area contributed by atoms with Crippen molar-refractivity contribution in [1.29, 1.82) is 0 Å². The van der Waals surface area contributed by atoms with E-state index in [1.807, 2.05) is 7.11 Å². The van der Waals surface area contributed by atoms with Gasteiger partial charge < -0.3 is 19.5 Å². The lowest BCUT2D eigenvalue weighted by Crippen LogP contribution is -2.58. The molecule has 0 aliphatic heterocycles. The maximum absolute atomic E-state index is 12.5. The van der Waals surface area contributed by atoms with Crippen molar-refractivity contribution < 1.29 is 19.0 Å². The highest BCUT2D eigenvalue weighted by Gasteiger charge is 2.63. The molecule has 0 aromatic carbocycles. The number of amides is 1. The highest BCUT2D eigenvalue weighted by atomic mass is 16.5. The van der Waals surface area contributed by atoms with Crippen molar-refractivity contribution in [2.45, 2.75) is 98.0 Å². The van der Waals surface area contributed by atoms with E-state index in [2.05, 4.69) is 33.0 Å². The van der Waals surface area contributed by atoms with Crippen LogP contribution in [0.15, 0.2) is 0 Å². The van der Waals surface area contributed by atoms with Crippen LogP contribution >= 0.6 is 0 Å². The molecule has 4 saturated carbocycles. The van der Waals surface area contributed by atoms with Crippen molar-refractivity contribution in [2.24, 2.45) is 52.3 Å². The molecule has 1 N–H and O–H groups in total. The summed E-state index contributed by atoms with van der Waals surface area (Å²) in [6, 6.07) is 0. The Kier molecular flexibility index (Phi) is 9.48. The molecule has 5 nitrogen and oxygen atoms in total. The molecule has 0 aromatic heterocycles. The molecule has 4 aliphatic carbocycles. The van der Waals surface area contributed by atoms with Gasteiger partial charge in [0.1, 0.15) is 0 Å². The zero-order valence-corrected chi connectivity index (χ0v) is 24.2. The van der Waals surface area contributed by atoms with E-state index in [0.717, 1.165) is 41.9 Å². The van der Waals surface area contributed by atoms with Crippen LogP contribution < -0.4 is 5.32 Å². The third-order valence-corrected chi connectivity index (χ3v) is 11.8. The molecule has 0 saturated heterocycles. The third-order valence-electron chi connectivity index (χ3n) is 11.8. The SMILES string of the molecule is COCCOCCNC(=O)CC[C@@H](C)[C@H]1CC[C@H]2[C@@H]3[C@H](OC)C[C@@H]4C[C@H](C)CC[C@]4(C)[C@H]3CC[C@]12C. The second kappa shape index (κ2) is 12.0. The summed E-state index contributed by atoms with van der Waals surface area (Å²) in [6.07, 6.45) is 13.0. The summed E-state index contributed by atoms with van der Waals surface area (Å²) in [5.74, 6) is 5.54. The molecular formula is C31H55NO4.